The zero-order valence-corrected chi connectivity index (χ0v) is 20.3. The van der Waals surface area contributed by atoms with Gasteiger partial charge in [-0.3, -0.25) is 0 Å². The summed E-state index contributed by atoms with van der Waals surface area (Å²) in [6, 6.07) is 1.67. The average Bonchev–Trinajstić information content (AvgIpc) is 3.21. The third-order valence-corrected chi connectivity index (χ3v) is 5.62. The Hall–Kier alpha value is -1.55. The highest BCUT2D eigenvalue weighted by molar-refractivity contribution is 9.10. The first kappa shape index (κ1) is 22.1. The standard InChI is InChI=1S/C11H11BrClN3O2.C7H4BrClN2/c1-11(2,3)18-10(17)16-5-4-6-9(16)15-8(13)7(12)14-6;8-6-7(9)11-5-3-1-2-4(5)10-6/h4-5H,1-3H3;1-2H,3H2. The summed E-state index contributed by atoms with van der Waals surface area (Å²) in [7, 11) is 0. The van der Waals surface area contributed by atoms with Crippen LogP contribution in [0.5, 0.6) is 0 Å². The van der Waals surface area contributed by atoms with Gasteiger partial charge in [0.05, 0.1) is 11.4 Å². The molecule has 1 aliphatic carbocycles. The van der Waals surface area contributed by atoms with Crippen LogP contribution in [0.1, 0.15) is 32.2 Å². The lowest BCUT2D eigenvalue weighted by atomic mass is 10.2. The van der Waals surface area contributed by atoms with Crippen molar-refractivity contribution in [2.24, 2.45) is 0 Å². The third kappa shape index (κ3) is 5.33. The topological polar surface area (TPSA) is 82.8 Å². The van der Waals surface area contributed by atoms with E-state index < -0.39 is 11.7 Å². The molecule has 0 saturated carbocycles. The number of ether oxygens (including phenoxy) is 1. The van der Waals surface area contributed by atoms with Gasteiger partial charge < -0.3 is 4.74 Å². The van der Waals surface area contributed by atoms with Crippen LogP contribution in [0.2, 0.25) is 10.3 Å². The maximum absolute atomic E-state index is 11.9. The van der Waals surface area contributed by atoms with Gasteiger partial charge in [-0.15, -0.1) is 0 Å². The smallest absolute Gasteiger partial charge is 0.420 e. The first-order valence-corrected chi connectivity index (χ1v) is 10.7. The molecule has 0 amide bonds. The van der Waals surface area contributed by atoms with Crippen molar-refractivity contribution in [3.8, 4) is 0 Å². The molecule has 11 heteroatoms. The molecule has 3 aromatic heterocycles. The Morgan fingerprint density at radius 3 is 2.45 bits per heavy atom. The number of halogens is 4. The van der Waals surface area contributed by atoms with Gasteiger partial charge in [-0.25, -0.2) is 29.3 Å². The van der Waals surface area contributed by atoms with Crippen LogP contribution >= 0.6 is 55.1 Å². The third-order valence-electron chi connectivity index (χ3n) is 3.53. The van der Waals surface area contributed by atoms with E-state index in [1.807, 2.05) is 12.2 Å². The number of nitrogens with zero attached hydrogens (tertiary/aromatic N) is 5. The van der Waals surface area contributed by atoms with Crippen molar-refractivity contribution in [2.75, 3.05) is 0 Å². The minimum Gasteiger partial charge on any atom is -0.443 e. The SMILES string of the molecule is CC(C)(C)OC(=O)n1ccc2nc(Br)c(Cl)nc21.Clc1nc2c(nc1Br)C=CC2. The van der Waals surface area contributed by atoms with Crippen molar-refractivity contribution in [2.45, 2.75) is 32.8 Å². The summed E-state index contributed by atoms with van der Waals surface area (Å²) in [5, 5.41) is 0.637. The molecule has 1 aliphatic rings. The van der Waals surface area contributed by atoms with Crippen molar-refractivity contribution in [1.82, 2.24) is 24.5 Å². The molecule has 0 fully saturated rings. The Labute approximate surface area is 193 Å². The zero-order chi connectivity index (χ0) is 21.3. The molecule has 0 unspecified atom stereocenters. The highest BCUT2D eigenvalue weighted by Gasteiger charge is 2.20. The molecule has 0 saturated heterocycles. The minimum atomic E-state index is -0.569. The van der Waals surface area contributed by atoms with E-state index in [2.05, 4.69) is 51.8 Å². The fraction of sp³-hybridized carbons (Fsp3) is 0.278. The quantitative estimate of drug-likeness (QED) is 0.329. The van der Waals surface area contributed by atoms with Crippen LogP contribution in [0.3, 0.4) is 0 Å². The summed E-state index contributed by atoms with van der Waals surface area (Å²) < 4.78 is 7.60. The lowest BCUT2D eigenvalue weighted by Crippen LogP contribution is -2.26. The van der Waals surface area contributed by atoms with Gasteiger partial charge in [0.2, 0.25) is 0 Å². The maximum Gasteiger partial charge on any atom is 0.420 e. The fourth-order valence-corrected chi connectivity index (χ4v) is 3.19. The van der Waals surface area contributed by atoms with E-state index in [0.29, 0.717) is 25.5 Å². The Morgan fingerprint density at radius 2 is 1.76 bits per heavy atom. The largest absolute Gasteiger partial charge is 0.443 e. The molecule has 0 aromatic carbocycles. The first-order chi connectivity index (χ1) is 13.5. The number of hydrogen-bond acceptors (Lipinski definition) is 6. The molecular weight excluding hydrogens is 549 g/mol. The average molecular weight is 564 g/mol. The molecule has 4 rings (SSSR count). The number of hydrogen-bond donors (Lipinski definition) is 0. The van der Waals surface area contributed by atoms with E-state index in [-0.39, 0.29) is 5.15 Å². The number of carbonyl (C=O) groups is 1. The molecule has 0 bridgehead atoms. The lowest BCUT2D eigenvalue weighted by Gasteiger charge is -2.19. The molecule has 0 spiro atoms. The van der Waals surface area contributed by atoms with Crippen LogP contribution in [-0.2, 0) is 11.2 Å². The molecule has 152 valence electrons. The summed E-state index contributed by atoms with van der Waals surface area (Å²) in [5.74, 6) is 0. The number of carbonyl (C=O) groups excluding carboxylic acids is 1. The van der Waals surface area contributed by atoms with E-state index in [4.69, 9.17) is 27.9 Å². The highest BCUT2D eigenvalue weighted by atomic mass is 79.9. The number of allylic oxidation sites excluding steroid dienone is 1. The van der Waals surface area contributed by atoms with Crippen molar-refractivity contribution in [3.05, 3.63) is 49.2 Å². The number of rotatable bonds is 0. The molecule has 0 atom stereocenters. The summed E-state index contributed by atoms with van der Waals surface area (Å²) in [6.07, 6.45) is 5.86. The van der Waals surface area contributed by atoms with E-state index in [0.717, 1.165) is 17.8 Å². The van der Waals surface area contributed by atoms with Crippen LogP contribution < -0.4 is 0 Å². The van der Waals surface area contributed by atoms with E-state index >= 15 is 0 Å². The van der Waals surface area contributed by atoms with Gasteiger partial charge in [0.15, 0.2) is 16.0 Å². The molecule has 0 radical (unpaired) electrons. The van der Waals surface area contributed by atoms with Gasteiger partial charge in [-0.05, 0) is 64.8 Å². The van der Waals surface area contributed by atoms with Crippen molar-refractivity contribution in [3.63, 3.8) is 0 Å². The van der Waals surface area contributed by atoms with E-state index in [1.165, 1.54) is 4.57 Å². The molecular formula is C18H15Br2Cl2N5O2. The van der Waals surface area contributed by atoms with Gasteiger partial charge >= 0.3 is 6.09 Å². The van der Waals surface area contributed by atoms with Crippen LogP contribution in [-0.4, -0.2) is 36.2 Å². The number of fused-ring (bicyclic) bond motifs is 2. The van der Waals surface area contributed by atoms with Gasteiger partial charge in [0, 0.05) is 12.6 Å². The van der Waals surface area contributed by atoms with Crippen LogP contribution in [0.4, 0.5) is 4.79 Å². The van der Waals surface area contributed by atoms with Crippen molar-refractivity contribution >= 4 is 78.4 Å². The Bertz CT molecular complexity index is 1130. The monoisotopic (exact) mass is 561 g/mol. The normalized spacial score (nSPS) is 12.5. The second kappa shape index (κ2) is 8.67. The summed E-state index contributed by atoms with van der Waals surface area (Å²) in [6.45, 7) is 5.39. The summed E-state index contributed by atoms with van der Waals surface area (Å²) >= 11 is 18.0. The highest BCUT2D eigenvalue weighted by Crippen LogP contribution is 2.24. The van der Waals surface area contributed by atoms with Crippen molar-refractivity contribution < 1.29 is 9.53 Å². The first-order valence-electron chi connectivity index (χ1n) is 8.37. The predicted molar refractivity (Wildman–Crippen MR) is 119 cm³/mol. The second-order valence-corrected chi connectivity index (χ2v) is 9.14. The maximum atomic E-state index is 11.9. The molecule has 3 aromatic rings. The predicted octanol–water partition coefficient (Wildman–Crippen LogP) is 6.09. The van der Waals surface area contributed by atoms with Gasteiger partial charge in [0.25, 0.3) is 0 Å². The van der Waals surface area contributed by atoms with Crippen LogP contribution in [0, 0.1) is 0 Å². The van der Waals surface area contributed by atoms with Crippen molar-refractivity contribution in [1.29, 1.82) is 0 Å². The molecule has 7 nitrogen and oxygen atoms in total. The van der Waals surface area contributed by atoms with Gasteiger partial charge in [0.1, 0.15) is 20.3 Å². The number of aromatic nitrogens is 5. The van der Waals surface area contributed by atoms with Gasteiger partial charge in [-0.1, -0.05) is 29.3 Å². The van der Waals surface area contributed by atoms with E-state index in [1.54, 1.807) is 33.0 Å². The zero-order valence-electron chi connectivity index (χ0n) is 15.6. The molecule has 0 N–H and O–H groups in total. The molecule has 3 heterocycles. The minimum absolute atomic E-state index is 0.200. The Balaban J connectivity index is 0.000000186. The summed E-state index contributed by atoms with van der Waals surface area (Å²) in [4.78, 5) is 28.6. The second-order valence-electron chi connectivity index (χ2n) is 6.92. The fourth-order valence-electron chi connectivity index (χ4n) is 2.37. The Morgan fingerprint density at radius 1 is 1.10 bits per heavy atom. The summed E-state index contributed by atoms with van der Waals surface area (Å²) in [5.41, 5.74) is 2.24. The van der Waals surface area contributed by atoms with Crippen LogP contribution in [0.25, 0.3) is 17.2 Å². The van der Waals surface area contributed by atoms with Crippen LogP contribution in [0.15, 0.2) is 27.5 Å². The molecule has 0 aliphatic heterocycles. The van der Waals surface area contributed by atoms with E-state index in [9.17, 15) is 4.79 Å². The molecule has 29 heavy (non-hydrogen) atoms. The van der Waals surface area contributed by atoms with Gasteiger partial charge in [-0.2, -0.15) is 0 Å². The lowest BCUT2D eigenvalue weighted by molar-refractivity contribution is 0.0543. The Kier molecular flexibility index (Phi) is 6.62.